The van der Waals surface area contributed by atoms with E-state index in [1.807, 2.05) is 56.7 Å². The minimum Gasteiger partial charge on any atom is -0.352 e. The second kappa shape index (κ2) is 9.34. The van der Waals surface area contributed by atoms with Gasteiger partial charge in [-0.05, 0) is 44.5 Å². The van der Waals surface area contributed by atoms with E-state index in [2.05, 4.69) is 20.9 Å². The van der Waals surface area contributed by atoms with Gasteiger partial charge in [0.25, 0.3) is 5.91 Å². The minimum absolute atomic E-state index is 0.0886. The average Bonchev–Trinajstić information content (AvgIpc) is 2.87. The van der Waals surface area contributed by atoms with Crippen molar-refractivity contribution in [2.75, 3.05) is 7.05 Å². The number of hydrogen-bond donors (Lipinski definition) is 3. The molecule has 0 bridgehead atoms. The van der Waals surface area contributed by atoms with E-state index < -0.39 is 0 Å². The second-order valence-electron chi connectivity index (χ2n) is 7.52. The molecule has 0 fully saturated rings. The lowest BCUT2D eigenvalue weighted by Crippen LogP contribution is -2.40. The van der Waals surface area contributed by atoms with Crippen LogP contribution in [0.5, 0.6) is 0 Å². The molecule has 28 heavy (non-hydrogen) atoms. The van der Waals surface area contributed by atoms with Crippen LogP contribution in [0.3, 0.4) is 0 Å². The van der Waals surface area contributed by atoms with Crippen molar-refractivity contribution in [1.82, 2.24) is 20.5 Å². The van der Waals surface area contributed by atoms with Crippen molar-refractivity contribution in [3.63, 3.8) is 0 Å². The molecule has 0 saturated heterocycles. The number of halogens is 2. The van der Waals surface area contributed by atoms with Gasteiger partial charge in [0.1, 0.15) is 5.15 Å². The monoisotopic (exact) mass is 423 g/mol. The molecular weight excluding hydrogens is 397 g/mol. The lowest BCUT2D eigenvalue weighted by Gasteiger charge is -2.20. The minimum atomic E-state index is -0.278. The van der Waals surface area contributed by atoms with Crippen molar-refractivity contribution in [3.05, 3.63) is 57.3 Å². The van der Waals surface area contributed by atoms with E-state index in [9.17, 15) is 4.79 Å². The lowest BCUT2D eigenvalue weighted by atomic mass is 10.1. The number of aromatic nitrogens is 1. The van der Waals surface area contributed by atoms with E-state index in [0.717, 1.165) is 11.3 Å². The summed E-state index contributed by atoms with van der Waals surface area (Å²) in [5.74, 6) is 0.548. The predicted molar refractivity (Wildman–Crippen MR) is 116 cm³/mol. The van der Waals surface area contributed by atoms with Crippen molar-refractivity contribution in [2.45, 2.75) is 39.4 Å². The van der Waals surface area contributed by atoms with Gasteiger partial charge in [-0.15, -0.1) is 0 Å². The molecule has 3 N–H and O–H groups in total. The van der Waals surface area contributed by atoms with Gasteiger partial charge in [0.2, 0.25) is 0 Å². The van der Waals surface area contributed by atoms with Crippen LogP contribution in [0.4, 0.5) is 0 Å². The lowest BCUT2D eigenvalue weighted by molar-refractivity contribution is 0.0919. The van der Waals surface area contributed by atoms with E-state index in [4.69, 9.17) is 23.2 Å². The van der Waals surface area contributed by atoms with E-state index in [1.54, 1.807) is 13.1 Å². The first kappa shape index (κ1) is 22.1. The third-order valence-corrected chi connectivity index (χ3v) is 4.86. The fraction of sp³-hybridized carbons (Fsp3) is 0.400. The maximum Gasteiger partial charge on any atom is 0.251 e. The highest BCUT2D eigenvalue weighted by atomic mass is 35.5. The Kier molecular flexibility index (Phi) is 7.38. The number of nitrogens with zero attached hydrogens (tertiary/aromatic N) is 2. The molecule has 8 heteroatoms. The Morgan fingerprint density at radius 1 is 1.14 bits per heavy atom. The first-order valence-electron chi connectivity index (χ1n) is 8.96. The summed E-state index contributed by atoms with van der Waals surface area (Å²) in [6.45, 7) is 6.93. The molecule has 2 aromatic rings. The molecule has 1 heterocycles. The van der Waals surface area contributed by atoms with Crippen molar-refractivity contribution in [3.8, 4) is 0 Å². The SMILES string of the molecule is CN=C(NCc1cccc(C(=O)NC(C)(C)C)c1)NCc1cc(Cl)c(Cl)n1C. The number of aliphatic imine (C=N–C) groups is 1. The van der Waals surface area contributed by atoms with E-state index in [0.29, 0.717) is 34.8 Å². The summed E-state index contributed by atoms with van der Waals surface area (Å²) < 4.78 is 1.82. The van der Waals surface area contributed by atoms with Crippen molar-refractivity contribution in [1.29, 1.82) is 0 Å². The van der Waals surface area contributed by atoms with Crippen LogP contribution < -0.4 is 16.0 Å². The Balaban J connectivity index is 1.95. The number of nitrogens with one attached hydrogen (secondary N) is 3. The Hall–Kier alpha value is -2.18. The Labute approximate surface area is 176 Å². The number of hydrogen-bond acceptors (Lipinski definition) is 2. The van der Waals surface area contributed by atoms with Gasteiger partial charge in [0, 0.05) is 37.4 Å². The molecule has 0 radical (unpaired) electrons. The Bertz CT molecular complexity index is 868. The van der Waals surface area contributed by atoms with Gasteiger partial charge < -0.3 is 20.5 Å². The highest BCUT2D eigenvalue weighted by Crippen LogP contribution is 2.24. The van der Waals surface area contributed by atoms with Gasteiger partial charge >= 0.3 is 0 Å². The van der Waals surface area contributed by atoms with Crippen LogP contribution >= 0.6 is 23.2 Å². The van der Waals surface area contributed by atoms with Gasteiger partial charge in [-0.3, -0.25) is 9.79 Å². The summed E-state index contributed by atoms with van der Waals surface area (Å²) in [6, 6.07) is 9.34. The van der Waals surface area contributed by atoms with Crippen LogP contribution in [-0.4, -0.2) is 29.0 Å². The molecule has 0 aliphatic carbocycles. The molecule has 0 unspecified atom stereocenters. The maximum atomic E-state index is 12.3. The zero-order valence-corrected chi connectivity index (χ0v) is 18.4. The molecule has 0 aliphatic rings. The number of benzene rings is 1. The molecule has 0 saturated carbocycles. The number of guanidine groups is 1. The number of carbonyl (C=O) groups is 1. The molecule has 1 aromatic carbocycles. The predicted octanol–water partition coefficient (Wildman–Crippen LogP) is 3.73. The van der Waals surface area contributed by atoms with Gasteiger partial charge in [-0.1, -0.05) is 35.3 Å². The van der Waals surface area contributed by atoms with Gasteiger partial charge in [0.05, 0.1) is 11.6 Å². The Morgan fingerprint density at radius 3 is 2.39 bits per heavy atom. The number of amides is 1. The second-order valence-corrected chi connectivity index (χ2v) is 8.28. The van der Waals surface area contributed by atoms with Crippen LogP contribution in [0.2, 0.25) is 10.2 Å². The van der Waals surface area contributed by atoms with Crippen molar-refractivity contribution < 1.29 is 4.79 Å². The highest BCUT2D eigenvalue weighted by Gasteiger charge is 2.15. The molecule has 1 amide bonds. The third-order valence-electron chi connectivity index (χ3n) is 4.01. The molecule has 0 aliphatic heterocycles. The molecule has 0 spiro atoms. The van der Waals surface area contributed by atoms with E-state index >= 15 is 0 Å². The maximum absolute atomic E-state index is 12.3. The Morgan fingerprint density at radius 2 is 1.82 bits per heavy atom. The molecule has 6 nitrogen and oxygen atoms in total. The van der Waals surface area contributed by atoms with Crippen LogP contribution in [0.15, 0.2) is 35.3 Å². The van der Waals surface area contributed by atoms with Gasteiger partial charge in [-0.2, -0.15) is 0 Å². The summed E-state index contributed by atoms with van der Waals surface area (Å²) in [6.07, 6.45) is 0. The average molecular weight is 424 g/mol. The molecule has 2 rings (SSSR count). The number of rotatable bonds is 5. The molecule has 1 aromatic heterocycles. The zero-order valence-electron chi connectivity index (χ0n) is 16.9. The topological polar surface area (TPSA) is 70.4 Å². The van der Waals surface area contributed by atoms with E-state index in [-0.39, 0.29) is 11.4 Å². The van der Waals surface area contributed by atoms with Crippen molar-refractivity contribution >= 4 is 35.1 Å². The normalized spacial score (nSPS) is 12.0. The standard InChI is InChI=1S/C20H27Cl2N5O/c1-20(2,3)26-18(28)14-8-6-7-13(9-14)11-24-19(23-4)25-12-15-10-16(21)17(22)27(15)5/h6-10H,11-12H2,1-5H3,(H,26,28)(H2,23,24,25). The quantitative estimate of drug-likeness (QED) is 0.506. The first-order valence-corrected chi connectivity index (χ1v) is 9.72. The molecule has 0 atom stereocenters. The molecule has 152 valence electrons. The highest BCUT2D eigenvalue weighted by molar-refractivity contribution is 6.41. The summed E-state index contributed by atoms with van der Waals surface area (Å²) >= 11 is 12.1. The van der Waals surface area contributed by atoms with Gasteiger partial charge in [0.15, 0.2) is 5.96 Å². The van der Waals surface area contributed by atoms with Crippen LogP contribution in [0, 0.1) is 0 Å². The molecular formula is C20H27Cl2N5O. The summed E-state index contributed by atoms with van der Waals surface area (Å²) in [5.41, 5.74) is 2.28. The zero-order chi connectivity index (χ0) is 20.9. The van der Waals surface area contributed by atoms with Crippen LogP contribution in [0.1, 0.15) is 42.4 Å². The van der Waals surface area contributed by atoms with Crippen LogP contribution in [-0.2, 0) is 20.1 Å². The fourth-order valence-corrected chi connectivity index (χ4v) is 2.99. The van der Waals surface area contributed by atoms with E-state index in [1.165, 1.54) is 0 Å². The summed E-state index contributed by atoms with van der Waals surface area (Å²) in [4.78, 5) is 16.6. The largest absolute Gasteiger partial charge is 0.352 e. The van der Waals surface area contributed by atoms with Crippen LogP contribution in [0.25, 0.3) is 0 Å². The smallest absolute Gasteiger partial charge is 0.251 e. The van der Waals surface area contributed by atoms with Gasteiger partial charge in [-0.25, -0.2) is 0 Å². The number of carbonyl (C=O) groups excluding carboxylic acids is 1. The first-order chi connectivity index (χ1) is 13.1. The summed E-state index contributed by atoms with van der Waals surface area (Å²) in [5, 5.41) is 10.5. The van der Waals surface area contributed by atoms with Crippen molar-refractivity contribution in [2.24, 2.45) is 12.0 Å². The third kappa shape index (κ3) is 6.17. The summed E-state index contributed by atoms with van der Waals surface area (Å²) in [7, 11) is 3.56. The fourth-order valence-electron chi connectivity index (χ4n) is 2.57.